The maximum Gasteiger partial charge on any atom is 0.194 e. The number of rotatable bonds is 3. The second-order valence-electron chi connectivity index (χ2n) is 5.54. The molecule has 2 aromatic carbocycles. The van der Waals surface area contributed by atoms with Crippen LogP contribution in [0.25, 0.3) is 0 Å². The van der Waals surface area contributed by atoms with Crippen LogP contribution in [0.4, 0.5) is 18.9 Å². The van der Waals surface area contributed by atoms with Crippen LogP contribution in [0.1, 0.15) is 16.7 Å². The Morgan fingerprint density at radius 2 is 1.74 bits per heavy atom. The van der Waals surface area contributed by atoms with Gasteiger partial charge in [-0.2, -0.15) is 0 Å². The van der Waals surface area contributed by atoms with Crippen LogP contribution in [0.2, 0.25) is 5.02 Å². The van der Waals surface area contributed by atoms with Crippen molar-refractivity contribution in [3.05, 3.63) is 63.4 Å². The van der Waals surface area contributed by atoms with E-state index in [9.17, 15) is 13.2 Å². The highest BCUT2D eigenvalue weighted by atomic mass is 35.5. The van der Waals surface area contributed by atoms with Gasteiger partial charge < -0.3 is 10.6 Å². The normalized spacial score (nSPS) is 14.3. The molecular weight excluding hydrogens is 325 g/mol. The first-order chi connectivity index (χ1) is 11.1. The van der Waals surface area contributed by atoms with Crippen LogP contribution in [0.15, 0.2) is 24.3 Å². The molecule has 0 amide bonds. The van der Waals surface area contributed by atoms with Crippen molar-refractivity contribution in [3.63, 3.8) is 0 Å². The van der Waals surface area contributed by atoms with Gasteiger partial charge in [0.05, 0.1) is 10.7 Å². The molecule has 0 aliphatic carbocycles. The smallest absolute Gasteiger partial charge is 0.194 e. The molecule has 6 heteroatoms. The van der Waals surface area contributed by atoms with E-state index >= 15 is 0 Å². The van der Waals surface area contributed by atoms with Gasteiger partial charge in [0.1, 0.15) is 0 Å². The molecule has 0 spiro atoms. The topological polar surface area (TPSA) is 24.1 Å². The summed E-state index contributed by atoms with van der Waals surface area (Å²) >= 11 is 6.28. The van der Waals surface area contributed by atoms with E-state index in [0.29, 0.717) is 10.6 Å². The van der Waals surface area contributed by atoms with Crippen molar-refractivity contribution in [2.24, 2.45) is 0 Å². The SMILES string of the molecule is Fc1cc(CNc2c(Cl)ccc3c2CCNCC3)cc(F)c1F. The molecule has 0 bridgehead atoms. The number of halogens is 4. The van der Waals surface area contributed by atoms with Crippen molar-refractivity contribution in [1.29, 1.82) is 0 Å². The van der Waals surface area contributed by atoms with Crippen LogP contribution in [-0.4, -0.2) is 13.1 Å². The fourth-order valence-corrected chi connectivity index (χ4v) is 3.08. The van der Waals surface area contributed by atoms with Crippen LogP contribution in [-0.2, 0) is 19.4 Å². The molecule has 1 aliphatic rings. The quantitative estimate of drug-likeness (QED) is 0.823. The van der Waals surface area contributed by atoms with Gasteiger partial charge in [-0.05, 0) is 60.8 Å². The first-order valence-electron chi connectivity index (χ1n) is 7.44. The van der Waals surface area contributed by atoms with E-state index in [1.54, 1.807) is 0 Å². The van der Waals surface area contributed by atoms with Crippen LogP contribution in [0.3, 0.4) is 0 Å². The maximum absolute atomic E-state index is 13.3. The summed E-state index contributed by atoms with van der Waals surface area (Å²) in [5.74, 6) is -3.83. The number of hydrogen-bond acceptors (Lipinski definition) is 2. The Balaban J connectivity index is 1.86. The minimum Gasteiger partial charge on any atom is -0.380 e. The third-order valence-electron chi connectivity index (χ3n) is 3.99. The number of hydrogen-bond donors (Lipinski definition) is 2. The molecule has 2 aromatic rings. The van der Waals surface area contributed by atoms with Gasteiger partial charge in [0.2, 0.25) is 0 Å². The predicted octanol–water partition coefficient (Wildman–Crippen LogP) is 4.06. The summed E-state index contributed by atoms with van der Waals surface area (Å²) in [6.45, 7) is 1.92. The first kappa shape index (κ1) is 16.1. The van der Waals surface area contributed by atoms with E-state index in [2.05, 4.69) is 10.6 Å². The van der Waals surface area contributed by atoms with Gasteiger partial charge in [0, 0.05) is 6.54 Å². The van der Waals surface area contributed by atoms with E-state index < -0.39 is 17.5 Å². The van der Waals surface area contributed by atoms with Crippen molar-refractivity contribution in [1.82, 2.24) is 5.32 Å². The molecule has 0 aromatic heterocycles. The number of nitrogens with one attached hydrogen (secondary N) is 2. The van der Waals surface area contributed by atoms with Crippen molar-refractivity contribution in [2.75, 3.05) is 18.4 Å². The Kier molecular flexibility index (Phi) is 4.78. The van der Waals surface area contributed by atoms with Crippen LogP contribution in [0, 0.1) is 17.5 Å². The molecule has 0 saturated carbocycles. The summed E-state index contributed by atoms with van der Waals surface area (Å²) < 4.78 is 39.6. The zero-order chi connectivity index (χ0) is 16.4. The number of benzene rings is 2. The highest BCUT2D eigenvalue weighted by Gasteiger charge is 2.15. The van der Waals surface area contributed by atoms with Gasteiger partial charge in [0.25, 0.3) is 0 Å². The molecule has 0 radical (unpaired) electrons. The summed E-state index contributed by atoms with van der Waals surface area (Å²) in [4.78, 5) is 0. The van der Waals surface area contributed by atoms with Crippen molar-refractivity contribution in [2.45, 2.75) is 19.4 Å². The van der Waals surface area contributed by atoms with Crippen LogP contribution >= 0.6 is 11.6 Å². The zero-order valence-electron chi connectivity index (χ0n) is 12.4. The lowest BCUT2D eigenvalue weighted by Crippen LogP contribution is -2.16. The molecular formula is C17H16ClF3N2. The molecule has 0 saturated heterocycles. The van der Waals surface area contributed by atoms with E-state index in [4.69, 9.17) is 11.6 Å². The monoisotopic (exact) mass is 340 g/mol. The van der Waals surface area contributed by atoms with Gasteiger partial charge in [-0.15, -0.1) is 0 Å². The minimum atomic E-state index is -1.45. The Hall–Kier alpha value is -1.72. The molecule has 122 valence electrons. The summed E-state index contributed by atoms with van der Waals surface area (Å²) in [5, 5.41) is 7.03. The van der Waals surface area contributed by atoms with E-state index in [1.165, 1.54) is 5.56 Å². The predicted molar refractivity (Wildman–Crippen MR) is 85.4 cm³/mol. The largest absolute Gasteiger partial charge is 0.380 e. The Labute approximate surface area is 137 Å². The lowest BCUT2D eigenvalue weighted by molar-refractivity contribution is 0.445. The molecule has 0 atom stereocenters. The van der Waals surface area contributed by atoms with E-state index in [-0.39, 0.29) is 6.54 Å². The summed E-state index contributed by atoms with van der Waals surface area (Å²) in [6, 6.07) is 5.80. The molecule has 1 heterocycles. The van der Waals surface area contributed by atoms with E-state index in [0.717, 1.165) is 49.3 Å². The van der Waals surface area contributed by atoms with Gasteiger partial charge in [0.15, 0.2) is 17.5 Å². The average molecular weight is 341 g/mol. The molecule has 0 unspecified atom stereocenters. The number of fused-ring (bicyclic) bond motifs is 1. The molecule has 0 fully saturated rings. The highest BCUT2D eigenvalue weighted by molar-refractivity contribution is 6.33. The standard InChI is InChI=1S/C17H16ClF3N2/c18-13-2-1-11-3-5-22-6-4-12(11)17(13)23-9-10-7-14(19)16(21)15(20)8-10/h1-2,7-8,22-23H,3-6,9H2. The van der Waals surface area contributed by atoms with E-state index in [1.807, 2.05) is 12.1 Å². The second kappa shape index (κ2) is 6.81. The van der Waals surface area contributed by atoms with Gasteiger partial charge in [-0.3, -0.25) is 0 Å². The van der Waals surface area contributed by atoms with Crippen molar-refractivity contribution < 1.29 is 13.2 Å². The second-order valence-corrected chi connectivity index (χ2v) is 5.94. The fourth-order valence-electron chi connectivity index (χ4n) is 2.84. The molecule has 3 rings (SSSR count). The molecule has 2 nitrogen and oxygen atoms in total. The van der Waals surface area contributed by atoms with Gasteiger partial charge in [-0.25, -0.2) is 13.2 Å². The van der Waals surface area contributed by atoms with Crippen LogP contribution in [0.5, 0.6) is 0 Å². The van der Waals surface area contributed by atoms with Crippen molar-refractivity contribution in [3.8, 4) is 0 Å². The zero-order valence-corrected chi connectivity index (χ0v) is 13.1. The average Bonchev–Trinajstić information content (AvgIpc) is 2.77. The molecule has 2 N–H and O–H groups in total. The van der Waals surface area contributed by atoms with Gasteiger partial charge >= 0.3 is 0 Å². The minimum absolute atomic E-state index is 0.164. The Bertz CT molecular complexity index is 711. The maximum atomic E-state index is 13.3. The Morgan fingerprint density at radius 3 is 2.48 bits per heavy atom. The summed E-state index contributed by atoms with van der Waals surface area (Å²) in [7, 11) is 0. The van der Waals surface area contributed by atoms with Crippen molar-refractivity contribution >= 4 is 17.3 Å². The fraction of sp³-hybridized carbons (Fsp3) is 0.294. The molecule has 1 aliphatic heterocycles. The Morgan fingerprint density at radius 1 is 1.04 bits per heavy atom. The third kappa shape index (κ3) is 3.46. The third-order valence-corrected chi connectivity index (χ3v) is 4.31. The lowest BCUT2D eigenvalue weighted by Gasteiger charge is -2.16. The summed E-state index contributed by atoms with van der Waals surface area (Å²) in [6.07, 6.45) is 1.73. The first-order valence-corrected chi connectivity index (χ1v) is 7.82. The highest BCUT2D eigenvalue weighted by Crippen LogP contribution is 2.31. The summed E-state index contributed by atoms with van der Waals surface area (Å²) in [5.41, 5.74) is 3.42. The lowest BCUT2D eigenvalue weighted by atomic mass is 10.0. The molecule has 23 heavy (non-hydrogen) atoms. The van der Waals surface area contributed by atoms with Gasteiger partial charge in [-0.1, -0.05) is 17.7 Å². The number of anilines is 1. The van der Waals surface area contributed by atoms with Crippen LogP contribution < -0.4 is 10.6 Å².